The molecule has 72 valence electrons. The predicted molar refractivity (Wildman–Crippen MR) is 55.2 cm³/mol. The van der Waals surface area contributed by atoms with Crippen LogP contribution in [0, 0.1) is 0 Å². The molecule has 0 radical (unpaired) electrons. The highest BCUT2D eigenvalue weighted by Crippen LogP contribution is 2.24. The molecule has 0 saturated carbocycles. The van der Waals surface area contributed by atoms with Crippen molar-refractivity contribution in [3.63, 3.8) is 0 Å². The maximum atomic E-state index is 6.18. The zero-order valence-electron chi connectivity index (χ0n) is 7.56. The van der Waals surface area contributed by atoms with Crippen LogP contribution in [0.4, 0.5) is 0 Å². The molecule has 2 heterocycles. The summed E-state index contributed by atoms with van der Waals surface area (Å²) in [5, 5.41) is -0.0661. The standard InChI is InChI=1S/C11H10ClNO/c12-11(9-4-6-14-8-9)7-10-3-1-2-5-13-10/h1-6,8,11H,7H2. The molecule has 0 aliphatic rings. The number of furan rings is 1. The molecule has 0 aromatic carbocycles. The van der Waals surface area contributed by atoms with Gasteiger partial charge in [-0.05, 0) is 18.2 Å². The molecule has 3 heteroatoms. The maximum absolute atomic E-state index is 6.18. The van der Waals surface area contributed by atoms with Gasteiger partial charge < -0.3 is 4.42 Å². The molecular weight excluding hydrogens is 198 g/mol. The average Bonchev–Trinajstić information content (AvgIpc) is 2.72. The van der Waals surface area contributed by atoms with Crippen LogP contribution in [0.15, 0.2) is 47.4 Å². The number of hydrogen-bond donors (Lipinski definition) is 0. The van der Waals surface area contributed by atoms with Gasteiger partial charge in [0.25, 0.3) is 0 Å². The van der Waals surface area contributed by atoms with Gasteiger partial charge in [-0.2, -0.15) is 0 Å². The summed E-state index contributed by atoms with van der Waals surface area (Å²) in [6, 6.07) is 7.70. The SMILES string of the molecule is ClC(Cc1ccccn1)c1ccoc1. The molecule has 0 N–H and O–H groups in total. The van der Waals surface area contributed by atoms with E-state index < -0.39 is 0 Å². The van der Waals surface area contributed by atoms with Crippen LogP contribution < -0.4 is 0 Å². The first kappa shape index (κ1) is 9.28. The van der Waals surface area contributed by atoms with E-state index in [1.165, 1.54) is 0 Å². The molecule has 2 nitrogen and oxygen atoms in total. The van der Waals surface area contributed by atoms with Gasteiger partial charge in [0.1, 0.15) is 0 Å². The molecule has 0 saturated heterocycles. The third-order valence-corrected chi connectivity index (χ3v) is 2.43. The first-order chi connectivity index (χ1) is 6.86. The number of alkyl halides is 1. The topological polar surface area (TPSA) is 26.0 Å². The average molecular weight is 208 g/mol. The number of nitrogens with zero attached hydrogens (tertiary/aromatic N) is 1. The number of halogens is 1. The molecule has 0 amide bonds. The molecule has 1 atom stereocenters. The van der Waals surface area contributed by atoms with Crippen molar-refractivity contribution in [1.82, 2.24) is 4.98 Å². The van der Waals surface area contributed by atoms with Crippen LogP contribution in [0.1, 0.15) is 16.6 Å². The lowest BCUT2D eigenvalue weighted by Gasteiger charge is -2.05. The van der Waals surface area contributed by atoms with Gasteiger partial charge in [0.15, 0.2) is 0 Å². The minimum absolute atomic E-state index is 0.0661. The van der Waals surface area contributed by atoms with Gasteiger partial charge in [-0.1, -0.05) is 6.07 Å². The second-order valence-electron chi connectivity index (χ2n) is 3.05. The monoisotopic (exact) mass is 207 g/mol. The minimum Gasteiger partial charge on any atom is -0.472 e. The van der Waals surface area contributed by atoms with Gasteiger partial charge in [0, 0.05) is 23.9 Å². The van der Waals surface area contributed by atoms with Crippen molar-refractivity contribution in [2.75, 3.05) is 0 Å². The summed E-state index contributed by atoms with van der Waals surface area (Å²) in [4.78, 5) is 4.21. The van der Waals surface area contributed by atoms with Crippen molar-refractivity contribution < 1.29 is 4.42 Å². The molecular formula is C11H10ClNO. The smallest absolute Gasteiger partial charge is 0.0949 e. The van der Waals surface area contributed by atoms with Gasteiger partial charge in [0.05, 0.1) is 17.9 Å². The number of hydrogen-bond acceptors (Lipinski definition) is 2. The van der Waals surface area contributed by atoms with Crippen molar-refractivity contribution in [3.8, 4) is 0 Å². The Hall–Kier alpha value is -1.28. The molecule has 0 aliphatic heterocycles. The Bertz CT molecular complexity index is 371. The van der Waals surface area contributed by atoms with E-state index in [1.54, 1.807) is 18.7 Å². The van der Waals surface area contributed by atoms with Crippen LogP contribution in [0.3, 0.4) is 0 Å². The number of pyridine rings is 1. The van der Waals surface area contributed by atoms with Gasteiger partial charge in [-0.3, -0.25) is 4.98 Å². The Morgan fingerprint density at radius 3 is 2.93 bits per heavy atom. The van der Waals surface area contributed by atoms with E-state index in [0.29, 0.717) is 0 Å². The molecule has 2 aromatic rings. The van der Waals surface area contributed by atoms with Crippen LogP contribution in [-0.2, 0) is 6.42 Å². The minimum atomic E-state index is -0.0661. The van der Waals surface area contributed by atoms with Gasteiger partial charge in [0.2, 0.25) is 0 Å². The molecule has 2 aromatic heterocycles. The lowest BCUT2D eigenvalue weighted by molar-refractivity contribution is 0.563. The van der Waals surface area contributed by atoms with Crippen LogP contribution in [0.2, 0.25) is 0 Å². The second kappa shape index (κ2) is 4.29. The third-order valence-electron chi connectivity index (χ3n) is 2.02. The van der Waals surface area contributed by atoms with Gasteiger partial charge in [-0.15, -0.1) is 11.6 Å². The van der Waals surface area contributed by atoms with E-state index in [4.69, 9.17) is 16.0 Å². The summed E-state index contributed by atoms with van der Waals surface area (Å²) in [6.07, 6.45) is 5.79. The molecule has 0 fully saturated rings. The van der Waals surface area contributed by atoms with Crippen molar-refractivity contribution in [1.29, 1.82) is 0 Å². The normalized spacial score (nSPS) is 12.6. The predicted octanol–water partition coefficient (Wildman–Crippen LogP) is 3.20. The molecule has 0 aliphatic carbocycles. The summed E-state index contributed by atoms with van der Waals surface area (Å²) < 4.78 is 4.97. The zero-order chi connectivity index (χ0) is 9.80. The first-order valence-electron chi connectivity index (χ1n) is 4.42. The van der Waals surface area contributed by atoms with Gasteiger partial charge >= 0.3 is 0 Å². The Morgan fingerprint density at radius 2 is 2.29 bits per heavy atom. The Labute approximate surface area is 87.5 Å². The highest BCUT2D eigenvalue weighted by molar-refractivity contribution is 6.20. The van der Waals surface area contributed by atoms with E-state index >= 15 is 0 Å². The van der Waals surface area contributed by atoms with E-state index in [2.05, 4.69) is 4.98 Å². The van der Waals surface area contributed by atoms with Crippen LogP contribution in [-0.4, -0.2) is 4.98 Å². The summed E-state index contributed by atoms with van der Waals surface area (Å²) in [6.45, 7) is 0. The van der Waals surface area contributed by atoms with E-state index in [-0.39, 0.29) is 5.38 Å². The molecule has 2 rings (SSSR count). The first-order valence-corrected chi connectivity index (χ1v) is 4.86. The lowest BCUT2D eigenvalue weighted by atomic mass is 10.1. The van der Waals surface area contributed by atoms with Crippen LogP contribution in [0.25, 0.3) is 0 Å². The van der Waals surface area contributed by atoms with Crippen LogP contribution >= 0.6 is 11.6 Å². The fourth-order valence-electron chi connectivity index (χ4n) is 1.27. The third kappa shape index (κ3) is 2.15. The van der Waals surface area contributed by atoms with E-state index in [0.717, 1.165) is 17.7 Å². The Morgan fingerprint density at radius 1 is 1.36 bits per heavy atom. The Kier molecular flexibility index (Phi) is 2.84. The highest BCUT2D eigenvalue weighted by Gasteiger charge is 2.10. The van der Waals surface area contributed by atoms with Gasteiger partial charge in [-0.25, -0.2) is 0 Å². The summed E-state index contributed by atoms with van der Waals surface area (Å²) in [5.74, 6) is 0. The van der Waals surface area contributed by atoms with E-state index in [9.17, 15) is 0 Å². The quantitative estimate of drug-likeness (QED) is 0.723. The fraction of sp³-hybridized carbons (Fsp3) is 0.182. The largest absolute Gasteiger partial charge is 0.472 e. The number of aromatic nitrogens is 1. The maximum Gasteiger partial charge on any atom is 0.0949 e. The van der Waals surface area contributed by atoms with Crippen molar-refractivity contribution in [3.05, 3.63) is 54.2 Å². The summed E-state index contributed by atoms with van der Waals surface area (Å²) in [5.41, 5.74) is 1.99. The van der Waals surface area contributed by atoms with Crippen LogP contribution in [0.5, 0.6) is 0 Å². The summed E-state index contributed by atoms with van der Waals surface area (Å²) in [7, 11) is 0. The summed E-state index contributed by atoms with van der Waals surface area (Å²) >= 11 is 6.18. The molecule has 1 unspecified atom stereocenters. The zero-order valence-corrected chi connectivity index (χ0v) is 8.32. The molecule has 0 bridgehead atoms. The van der Waals surface area contributed by atoms with E-state index in [1.807, 2.05) is 24.3 Å². The molecule has 0 spiro atoms. The molecule has 14 heavy (non-hydrogen) atoms. The lowest BCUT2D eigenvalue weighted by Crippen LogP contribution is -1.96. The number of rotatable bonds is 3. The second-order valence-corrected chi connectivity index (χ2v) is 3.58. The fourth-order valence-corrected chi connectivity index (χ4v) is 1.56. The highest BCUT2D eigenvalue weighted by atomic mass is 35.5. The van der Waals surface area contributed by atoms with Crippen molar-refractivity contribution in [2.45, 2.75) is 11.8 Å². The Balaban J connectivity index is 2.06. The van der Waals surface area contributed by atoms with Crippen molar-refractivity contribution in [2.24, 2.45) is 0 Å². The van der Waals surface area contributed by atoms with Crippen molar-refractivity contribution >= 4 is 11.6 Å².